The number of phenolic OH excluding ortho intramolecular Hbond substituents is 1. The van der Waals surface area contributed by atoms with Crippen molar-refractivity contribution in [2.45, 2.75) is 19.3 Å². The Morgan fingerprint density at radius 1 is 1.05 bits per heavy atom. The third-order valence-corrected chi connectivity index (χ3v) is 6.41. The molecule has 0 fully saturated rings. The summed E-state index contributed by atoms with van der Waals surface area (Å²) in [6.07, 6.45) is 5.42. The van der Waals surface area contributed by atoms with Gasteiger partial charge in [0.2, 0.25) is 0 Å². The minimum absolute atomic E-state index is 0.108. The summed E-state index contributed by atoms with van der Waals surface area (Å²) in [7, 11) is 0. The molecule has 3 aromatic carbocycles. The molecule has 0 saturated carbocycles. The number of aliphatic imine (C=N–C) groups is 1. The lowest BCUT2D eigenvalue weighted by molar-refractivity contribution is 0.102. The van der Waals surface area contributed by atoms with Crippen LogP contribution in [-0.4, -0.2) is 33.7 Å². The lowest BCUT2D eigenvalue weighted by Crippen LogP contribution is -2.28. The number of aromatic hydroxyl groups is 1. The Bertz CT molecular complexity index is 1610. The van der Waals surface area contributed by atoms with Gasteiger partial charge in [-0.15, -0.1) is 0 Å². The number of hydrogen-bond donors (Lipinski definition) is 4. The normalized spacial score (nSPS) is 15.0. The van der Waals surface area contributed by atoms with Crippen molar-refractivity contribution >= 4 is 34.3 Å². The van der Waals surface area contributed by atoms with E-state index < -0.39 is 5.91 Å². The number of para-hydroxylation sites is 1. The molecule has 1 aliphatic rings. The molecule has 5 rings (SSSR count). The monoisotopic (exact) mass is 503 g/mol. The number of phenols is 1. The molecular formula is C29H25N7O2. The summed E-state index contributed by atoms with van der Waals surface area (Å²) in [5.74, 6) is -0.451. The maximum absolute atomic E-state index is 13.3. The van der Waals surface area contributed by atoms with Crippen molar-refractivity contribution < 1.29 is 9.90 Å². The summed E-state index contributed by atoms with van der Waals surface area (Å²) in [5, 5.41) is 25.5. The van der Waals surface area contributed by atoms with Gasteiger partial charge in [-0.05, 0) is 42.5 Å². The molecule has 9 heteroatoms. The van der Waals surface area contributed by atoms with Crippen LogP contribution in [0.3, 0.4) is 0 Å². The van der Waals surface area contributed by atoms with Gasteiger partial charge in [0.05, 0.1) is 22.8 Å². The fourth-order valence-electron chi connectivity index (χ4n) is 4.42. The Balaban J connectivity index is 1.53. The van der Waals surface area contributed by atoms with E-state index in [1.54, 1.807) is 30.6 Å². The number of benzene rings is 3. The van der Waals surface area contributed by atoms with E-state index in [0.29, 0.717) is 46.8 Å². The fraction of sp³-hybridized carbons (Fsp3) is 0.138. The molecule has 4 aromatic rings. The summed E-state index contributed by atoms with van der Waals surface area (Å²) in [4.78, 5) is 26.4. The number of amides is 1. The van der Waals surface area contributed by atoms with Crippen molar-refractivity contribution in [1.29, 1.82) is 5.26 Å². The van der Waals surface area contributed by atoms with Gasteiger partial charge in [-0.25, -0.2) is 9.97 Å². The number of hydrazine groups is 1. The number of nitrogens with one attached hydrogen (secondary N) is 3. The zero-order valence-corrected chi connectivity index (χ0v) is 20.6. The summed E-state index contributed by atoms with van der Waals surface area (Å²) >= 11 is 0. The van der Waals surface area contributed by atoms with Crippen molar-refractivity contribution in [3.63, 3.8) is 0 Å². The van der Waals surface area contributed by atoms with Gasteiger partial charge in [-0.2, -0.15) is 5.26 Å². The molecule has 1 aliphatic heterocycles. The van der Waals surface area contributed by atoms with Crippen LogP contribution < -0.4 is 16.2 Å². The van der Waals surface area contributed by atoms with Gasteiger partial charge in [0.15, 0.2) is 5.75 Å². The maximum atomic E-state index is 13.3. The molecule has 0 bridgehead atoms. The number of hydrogen-bond acceptors (Lipinski definition) is 8. The number of aromatic nitrogens is 2. The molecule has 188 valence electrons. The second-order valence-corrected chi connectivity index (χ2v) is 8.81. The van der Waals surface area contributed by atoms with E-state index in [0.717, 1.165) is 10.9 Å². The summed E-state index contributed by atoms with van der Waals surface area (Å²) in [6, 6.07) is 20.4. The van der Waals surface area contributed by atoms with Gasteiger partial charge in [0.25, 0.3) is 5.91 Å². The van der Waals surface area contributed by atoms with Crippen LogP contribution in [0.1, 0.15) is 34.1 Å². The number of nitriles is 1. The van der Waals surface area contributed by atoms with Gasteiger partial charge in [-0.3, -0.25) is 15.2 Å². The minimum atomic E-state index is -0.445. The number of fused-ring (bicyclic) bond motifs is 1. The quantitative estimate of drug-likeness (QED) is 0.218. The van der Waals surface area contributed by atoms with E-state index in [4.69, 9.17) is 0 Å². The van der Waals surface area contributed by atoms with Gasteiger partial charge < -0.3 is 15.8 Å². The predicted octanol–water partition coefficient (Wildman–Crippen LogP) is 4.85. The molecule has 1 amide bonds. The molecule has 2 heterocycles. The molecule has 0 saturated heterocycles. The Kier molecular flexibility index (Phi) is 6.95. The highest BCUT2D eigenvalue weighted by molar-refractivity contribution is 6.12. The van der Waals surface area contributed by atoms with Crippen LogP contribution in [0.5, 0.6) is 5.75 Å². The van der Waals surface area contributed by atoms with Crippen molar-refractivity contribution in [2.24, 2.45) is 4.99 Å². The van der Waals surface area contributed by atoms with Crippen LogP contribution in [0.2, 0.25) is 0 Å². The standard InChI is InChI=1S/C29H25N7O2/c1-18-7-2-5-10-24(18)34-29(38)23-15-19-8-3-4-9-21(19)26(27(23)37)36-35-25-20(16-30)17-31-14-11-22(25)28-32-12-6-13-33-28/h2-10,12-13,15,17,22,35-37H,11,14H2,1H3,(H,34,38). The van der Waals surface area contributed by atoms with Crippen LogP contribution in [0.15, 0.2) is 89.3 Å². The molecule has 1 atom stereocenters. The molecule has 0 radical (unpaired) electrons. The first-order valence-corrected chi connectivity index (χ1v) is 12.1. The average molecular weight is 504 g/mol. The average Bonchev–Trinajstić information content (AvgIpc) is 3.16. The van der Waals surface area contributed by atoms with E-state index in [1.807, 2.05) is 49.4 Å². The summed E-state index contributed by atoms with van der Waals surface area (Å²) in [6.45, 7) is 2.40. The third kappa shape index (κ3) is 4.88. The van der Waals surface area contributed by atoms with E-state index in [9.17, 15) is 15.2 Å². The molecule has 0 aliphatic carbocycles. The van der Waals surface area contributed by atoms with E-state index >= 15 is 0 Å². The minimum Gasteiger partial charge on any atom is -0.505 e. The van der Waals surface area contributed by atoms with Crippen LogP contribution >= 0.6 is 0 Å². The zero-order valence-electron chi connectivity index (χ0n) is 20.6. The Morgan fingerprint density at radius 2 is 1.82 bits per heavy atom. The number of anilines is 2. The van der Waals surface area contributed by atoms with Crippen LogP contribution in [0, 0.1) is 18.3 Å². The molecule has 4 N–H and O–H groups in total. The summed E-state index contributed by atoms with van der Waals surface area (Å²) < 4.78 is 0. The smallest absolute Gasteiger partial charge is 0.259 e. The number of allylic oxidation sites excluding steroid dienone is 2. The number of rotatable bonds is 6. The number of carbonyl (C=O) groups is 1. The summed E-state index contributed by atoms with van der Waals surface area (Å²) in [5.41, 5.74) is 9.03. The van der Waals surface area contributed by atoms with E-state index in [2.05, 4.69) is 37.2 Å². The van der Waals surface area contributed by atoms with Gasteiger partial charge in [0, 0.05) is 36.2 Å². The molecule has 1 unspecified atom stereocenters. The highest BCUT2D eigenvalue weighted by Crippen LogP contribution is 2.37. The molecular weight excluding hydrogens is 478 g/mol. The van der Waals surface area contributed by atoms with Crippen molar-refractivity contribution in [1.82, 2.24) is 15.4 Å². The second kappa shape index (κ2) is 10.8. The first-order chi connectivity index (χ1) is 18.6. The van der Waals surface area contributed by atoms with Crippen molar-refractivity contribution in [3.05, 3.63) is 101 Å². The molecule has 9 nitrogen and oxygen atoms in total. The van der Waals surface area contributed by atoms with E-state index in [1.165, 1.54) is 6.21 Å². The molecule has 1 aromatic heterocycles. The number of nitrogens with zero attached hydrogens (tertiary/aromatic N) is 4. The highest BCUT2D eigenvalue weighted by atomic mass is 16.3. The van der Waals surface area contributed by atoms with Crippen molar-refractivity contribution in [3.8, 4) is 11.8 Å². The highest BCUT2D eigenvalue weighted by Gasteiger charge is 2.26. The maximum Gasteiger partial charge on any atom is 0.259 e. The topological polar surface area (TPSA) is 135 Å². The Morgan fingerprint density at radius 3 is 2.61 bits per heavy atom. The SMILES string of the molecule is Cc1ccccc1NC(=O)c1cc2ccccc2c(NNC2=C(C#N)C=NCCC2c2ncccn2)c1O. The molecule has 0 spiro atoms. The predicted molar refractivity (Wildman–Crippen MR) is 147 cm³/mol. The zero-order chi connectivity index (χ0) is 26.5. The third-order valence-electron chi connectivity index (χ3n) is 6.41. The number of aryl methyl sites for hydroxylation is 1. The Labute approximate surface area is 219 Å². The number of carbonyl (C=O) groups excluding carboxylic acids is 1. The van der Waals surface area contributed by atoms with Crippen LogP contribution in [0.4, 0.5) is 11.4 Å². The van der Waals surface area contributed by atoms with Gasteiger partial charge in [-0.1, -0.05) is 42.5 Å². The second-order valence-electron chi connectivity index (χ2n) is 8.81. The molecule has 38 heavy (non-hydrogen) atoms. The lowest BCUT2D eigenvalue weighted by atomic mass is 9.98. The van der Waals surface area contributed by atoms with Gasteiger partial charge >= 0.3 is 0 Å². The first kappa shape index (κ1) is 24.5. The van der Waals surface area contributed by atoms with Crippen LogP contribution in [0.25, 0.3) is 10.8 Å². The Hall–Kier alpha value is -5.23. The van der Waals surface area contributed by atoms with Crippen LogP contribution in [-0.2, 0) is 0 Å². The first-order valence-electron chi connectivity index (χ1n) is 12.1. The fourth-order valence-corrected chi connectivity index (χ4v) is 4.42. The lowest BCUT2D eigenvalue weighted by Gasteiger charge is -2.22. The largest absolute Gasteiger partial charge is 0.505 e. The van der Waals surface area contributed by atoms with E-state index in [-0.39, 0.29) is 17.2 Å². The van der Waals surface area contributed by atoms with Crippen molar-refractivity contribution in [2.75, 3.05) is 17.3 Å². The van der Waals surface area contributed by atoms with Gasteiger partial charge in [0.1, 0.15) is 17.6 Å².